The fraction of sp³-hybridized carbons (Fsp3) is 0.444. The van der Waals surface area contributed by atoms with Gasteiger partial charge in [-0.05, 0) is 78.4 Å². The second-order valence-corrected chi connectivity index (χ2v) is 36.1. The molecule has 8 rings (SSSR count). The number of carboxylic acid groups (broad SMARTS) is 1. The van der Waals surface area contributed by atoms with Gasteiger partial charge in [0.05, 0.1) is 49.9 Å². The largest absolute Gasteiger partial charge is 0.493 e. The standard InChI is InChI=1S/C63H81N7O14Si2/c1-38(2)56(66-63(77)78)58(72)64-40(4)57(71)65-45-20-18-42(19-21-45)44-29-51-62(76)70(37-82-25-27-86(10,11)12)49-33-55(53(80-6)31-47(49)60(74)68(51)35-44)84-23-13-22-83-54-32-48-46(30-52(54)79-5)59(73)67-34-43(41-16-14-39(3)15-17-41)28-50(67)61(75)69(48)36-81-24-26-85(7,8)9/h14-21,30-35,38,40,50-51,56,66H,13,22-29,36-37H2,1-12H3,(H,64,72)(H,65,71)(H,77,78)/t40-,50-,51-,56-/m0/s1. The van der Waals surface area contributed by atoms with Crippen molar-refractivity contribution in [1.82, 2.24) is 20.4 Å². The SMILES string of the molecule is COc1cc2c(cc1OCCCOc1cc3c(cc1OC)C(=O)N1C=C(c4ccc(NC(=O)[C@H](C)NC(=O)[C@@H](NC(=O)O)C(C)C)cc4)C[C@H]1C(=O)N3COCC[Si](C)(C)C)N(COCC[Si](C)(C)C)C(=O)[C@@H]1CC(c3ccc(C)cc3)=CN1C2=O. The number of carbonyl (C=O) groups is 7. The molecule has 0 saturated heterocycles. The lowest BCUT2D eigenvalue weighted by Crippen LogP contribution is -2.53. The van der Waals surface area contributed by atoms with Crippen LogP contribution in [-0.4, -0.2) is 151 Å². The zero-order valence-electron chi connectivity index (χ0n) is 51.3. The second-order valence-electron chi connectivity index (χ2n) is 24.8. The van der Waals surface area contributed by atoms with Crippen LogP contribution in [0.15, 0.2) is 85.2 Å². The van der Waals surface area contributed by atoms with Crippen LogP contribution in [0, 0.1) is 12.8 Å². The molecular formula is C63H81N7O14Si2. The van der Waals surface area contributed by atoms with Gasteiger partial charge in [0.1, 0.15) is 37.6 Å². The summed E-state index contributed by atoms with van der Waals surface area (Å²) >= 11 is 0. The van der Waals surface area contributed by atoms with E-state index in [2.05, 4.69) is 55.2 Å². The number of hydrogen-bond donors (Lipinski definition) is 4. The number of amides is 7. The molecule has 7 amide bonds. The molecule has 86 heavy (non-hydrogen) atoms. The van der Waals surface area contributed by atoms with Gasteiger partial charge in [0.15, 0.2) is 23.0 Å². The van der Waals surface area contributed by atoms with Crippen molar-refractivity contribution in [3.8, 4) is 23.0 Å². The lowest BCUT2D eigenvalue weighted by Gasteiger charge is -2.27. The van der Waals surface area contributed by atoms with Crippen LogP contribution in [0.25, 0.3) is 11.1 Å². The summed E-state index contributed by atoms with van der Waals surface area (Å²) in [5.41, 5.74) is 5.87. The Morgan fingerprint density at radius 1 is 0.605 bits per heavy atom. The summed E-state index contributed by atoms with van der Waals surface area (Å²) in [4.78, 5) is 102. The Hall–Kier alpha value is -8.00. The van der Waals surface area contributed by atoms with Gasteiger partial charge in [-0.2, -0.15) is 0 Å². The number of carbonyl (C=O) groups excluding carboxylic acids is 6. The van der Waals surface area contributed by atoms with Crippen molar-refractivity contribution in [2.24, 2.45) is 5.92 Å². The summed E-state index contributed by atoms with van der Waals surface area (Å²) in [6.45, 7) is 21.3. The first-order valence-electron chi connectivity index (χ1n) is 29.1. The minimum Gasteiger partial charge on any atom is -0.493 e. The molecule has 0 radical (unpaired) electrons. The number of benzene rings is 4. The maximum absolute atomic E-state index is 14.9. The number of anilines is 3. The molecule has 0 saturated carbocycles. The molecule has 0 aliphatic carbocycles. The molecule has 0 spiro atoms. The molecule has 4 aromatic rings. The van der Waals surface area contributed by atoms with E-state index in [1.54, 1.807) is 74.8 Å². The van der Waals surface area contributed by atoms with Gasteiger partial charge in [-0.15, -0.1) is 0 Å². The van der Waals surface area contributed by atoms with Gasteiger partial charge in [0.2, 0.25) is 11.8 Å². The van der Waals surface area contributed by atoms with Crippen LogP contribution in [-0.2, 0) is 28.7 Å². The number of aryl methyl sites for hydroxylation is 1. The van der Waals surface area contributed by atoms with Gasteiger partial charge in [-0.3, -0.25) is 38.6 Å². The smallest absolute Gasteiger partial charge is 0.405 e. The molecule has 4 N–H and O–H groups in total. The van der Waals surface area contributed by atoms with Crippen molar-refractivity contribution in [2.75, 3.05) is 69.2 Å². The summed E-state index contributed by atoms with van der Waals surface area (Å²) in [5.74, 6) is -1.80. The minimum absolute atomic E-state index is 0.0604. The highest BCUT2D eigenvalue weighted by atomic mass is 28.3. The third-order valence-corrected chi connectivity index (χ3v) is 18.8. The van der Waals surface area contributed by atoms with Crippen LogP contribution in [0.1, 0.15) is 77.4 Å². The molecule has 23 heteroatoms. The highest BCUT2D eigenvalue weighted by molar-refractivity contribution is 6.76. The average Bonchev–Trinajstić information content (AvgIpc) is 1.71. The van der Waals surface area contributed by atoms with Crippen molar-refractivity contribution in [2.45, 2.75) is 122 Å². The molecule has 0 aromatic heterocycles. The minimum atomic E-state index is -1.53. The van der Waals surface area contributed by atoms with Gasteiger partial charge in [-0.1, -0.05) is 95.1 Å². The van der Waals surface area contributed by atoms with Crippen molar-refractivity contribution in [1.29, 1.82) is 0 Å². The molecular weight excluding hydrogens is 1130 g/mol. The Morgan fingerprint density at radius 3 is 1.45 bits per heavy atom. The van der Waals surface area contributed by atoms with Crippen LogP contribution < -0.4 is 44.7 Å². The van der Waals surface area contributed by atoms with E-state index < -0.39 is 64.1 Å². The Balaban J connectivity index is 0.981. The summed E-state index contributed by atoms with van der Waals surface area (Å²) in [6.07, 6.45) is 2.95. The molecule has 4 aliphatic rings. The monoisotopic (exact) mass is 1220 g/mol. The lowest BCUT2D eigenvalue weighted by molar-refractivity contribution is -0.128. The quantitative estimate of drug-likeness (QED) is 0.0338. The van der Waals surface area contributed by atoms with Gasteiger partial charge in [0, 0.05) is 78.8 Å². The molecule has 4 heterocycles. The van der Waals surface area contributed by atoms with Crippen molar-refractivity contribution in [3.05, 3.63) is 113 Å². The Labute approximate surface area is 504 Å². The number of ether oxygens (including phenoxy) is 6. The Morgan fingerprint density at radius 2 is 1.05 bits per heavy atom. The molecule has 0 bridgehead atoms. The van der Waals surface area contributed by atoms with Gasteiger partial charge in [-0.25, -0.2) is 4.79 Å². The fourth-order valence-electron chi connectivity index (χ4n) is 10.3. The summed E-state index contributed by atoms with van der Waals surface area (Å²) < 4.78 is 36.8. The van der Waals surface area contributed by atoms with E-state index in [0.29, 0.717) is 65.8 Å². The number of rotatable bonds is 26. The molecule has 0 fully saturated rings. The van der Waals surface area contributed by atoms with Crippen LogP contribution in [0.3, 0.4) is 0 Å². The van der Waals surface area contributed by atoms with Gasteiger partial charge >= 0.3 is 6.09 Å². The Kier molecular flexibility index (Phi) is 20.2. The van der Waals surface area contributed by atoms with Crippen molar-refractivity contribution < 1.29 is 67.1 Å². The number of hydrogen-bond acceptors (Lipinski definition) is 13. The topological polar surface area (TPSA) is 244 Å². The molecule has 0 unspecified atom stereocenters. The van der Waals surface area contributed by atoms with Crippen molar-refractivity contribution >= 4 is 85.9 Å². The lowest BCUT2D eigenvalue weighted by atomic mass is 10.0. The third kappa shape index (κ3) is 15.1. The van der Waals surface area contributed by atoms with E-state index in [-0.39, 0.29) is 79.4 Å². The van der Waals surface area contributed by atoms with E-state index in [0.717, 1.165) is 28.8 Å². The number of nitrogens with one attached hydrogen (secondary N) is 3. The highest BCUT2D eigenvalue weighted by Gasteiger charge is 2.45. The zero-order chi connectivity index (χ0) is 62.4. The van der Waals surface area contributed by atoms with Gasteiger partial charge in [0.25, 0.3) is 23.6 Å². The average molecular weight is 1220 g/mol. The number of fused-ring (bicyclic) bond motifs is 4. The van der Waals surface area contributed by atoms with Crippen LogP contribution >= 0.6 is 0 Å². The van der Waals surface area contributed by atoms with Crippen molar-refractivity contribution in [3.63, 3.8) is 0 Å². The predicted molar refractivity (Wildman–Crippen MR) is 333 cm³/mol. The summed E-state index contributed by atoms with van der Waals surface area (Å²) in [6, 6.07) is 19.3. The van der Waals surface area contributed by atoms with Gasteiger partial charge < -0.3 is 59.3 Å². The van der Waals surface area contributed by atoms with E-state index >= 15 is 0 Å². The maximum Gasteiger partial charge on any atom is 0.405 e. The summed E-state index contributed by atoms with van der Waals surface area (Å²) in [5, 5.41) is 16.7. The molecule has 4 aromatic carbocycles. The first kappa shape index (κ1) is 64.0. The third-order valence-electron chi connectivity index (χ3n) is 15.4. The van der Waals surface area contributed by atoms with E-state index in [4.69, 9.17) is 28.4 Å². The normalized spacial score (nSPS) is 17.4. The van der Waals surface area contributed by atoms with E-state index in [9.17, 15) is 38.7 Å². The number of methoxy groups -OCH3 is 2. The molecule has 4 atom stereocenters. The summed E-state index contributed by atoms with van der Waals surface area (Å²) in [7, 11) is -0.0412. The van der Waals surface area contributed by atoms with Crippen LogP contribution in [0.5, 0.6) is 23.0 Å². The molecule has 460 valence electrons. The van der Waals surface area contributed by atoms with E-state index in [1.165, 1.54) is 40.7 Å². The fourth-order valence-corrected chi connectivity index (χ4v) is 11.8. The first-order valence-corrected chi connectivity index (χ1v) is 36.5. The molecule has 21 nitrogen and oxygen atoms in total. The predicted octanol–water partition coefficient (Wildman–Crippen LogP) is 9.42. The second kappa shape index (κ2) is 27.1. The Bertz CT molecular complexity index is 3280. The zero-order valence-corrected chi connectivity index (χ0v) is 53.3. The maximum atomic E-state index is 14.9. The first-order chi connectivity index (χ1) is 40.7. The highest BCUT2D eigenvalue weighted by Crippen LogP contribution is 2.44. The molecule has 4 aliphatic heterocycles. The van der Waals surface area contributed by atoms with Crippen LogP contribution in [0.4, 0.5) is 21.9 Å². The van der Waals surface area contributed by atoms with E-state index in [1.807, 2.05) is 31.2 Å². The van der Waals surface area contributed by atoms with Crippen LogP contribution in [0.2, 0.25) is 51.4 Å². The number of nitrogens with zero attached hydrogens (tertiary/aromatic N) is 4.